The SMILES string of the molecule is COc1ccc(COC(=O)N/N=C2\C[C@@H](O)[C@@H](O)[C@@H]3[C@@H]4C(=O)N(c5ccc(F)cc5F)C(=O)[C@@H]4CC[C@@H]23)cc1. The summed E-state index contributed by atoms with van der Waals surface area (Å²) in [7, 11) is 1.54. The van der Waals surface area contributed by atoms with Gasteiger partial charge >= 0.3 is 6.09 Å². The minimum Gasteiger partial charge on any atom is -0.497 e. The van der Waals surface area contributed by atoms with E-state index in [0.29, 0.717) is 28.8 Å². The summed E-state index contributed by atoms with van der Waals surface area (Å²) in [4.78, 5) is 39.6. The quantitative estimate of drug-likeness (QED) is 0.389. The summed E-state index contributed by atoms with van der Waals surface area (Å²) in [5.74, 6) is -5.93. The fraction of sp³-hybridized carbons (Fsp3) is 0.407. The van der Waals surface area contributed by atoms with Crippen molar-refractivity contribution in [3.8, 4) is 5.75 Å². The van der Waals surface area contributed by atoms with E-state index in [2.05, 4.69) is 10.5 Å². The first-order valence-electron chi connectivity index (χ1n) is 12.5. The molecule has 2 saturated carbocycles. The molecule has 3 amide bonds. The molecular formula is C27H27F2N3O7. The van der Waals surface area contributed by atoms with Gasteiger partial charge in [0.25, 0.3) is 0 Å². The minimum absolute atomic E-state index is 0.0236. The molecule has 12 heteroatoms. The number of nitrogens with one attached hydrogen (secondary N) is 1. The predicted octanol–water partition coefficient (Wildman–Crippen LogP) is 2.51. The molecule has 1 heterocycles. The van der Waals surface area contributed by atoms with Crippen molar-refractivity contribution in [2.75, 3.05) is 12.0 Å². The number of nitrogens with zero attached hydrogens (tertiary/aromatic N) is 2. The molecule has 10 nitrogen and oxygen atoms in total. The van der Waals surface area contributed by atoms with Crippen LogP contribution in [0.5, 0.6) is 5.75 Å². The fourth-order valence-corrected chi connectivity index (χ4v) is 5.92. The van der Waals surface area contributed by atoms with Gasteiger partial charge in [-0.3, -0.25) is 9.59 Å². The molecule has 0 spiro atoms. The maximum atomic E-state index is 14.5. The molecule has 206 valence electrons. The van der Waals surface area contributed by atoms with E-state index in [-0.39, 0.29) is 25.1 Å². The molecule has 39 heavy (non-hydrogen) atoms. The van der Waals surface area contributed by atoms with E-state index >= 15 is 0 Å². The highest BCUT2D eigenvalue weighted by Gasteiger charge is 2.60. The lowest BCUT2D eigenvalue weighted by atomic mass is 9.60. The Bertz CT molecular complexity index is 1320. The van der Waals surface area contributed by atoms with Crippen molar-refractivity contribution < 1.29 is 42.9 Å². The van der Waals surface area contributed by atoms with Crippen LogP contribution in [0.2, 0.25) is 0 Å². The second-order valence-corrected chi connectivity index (χ2v) is 9.90. The van der Waals surface area contributed by atoms with Crippen molar-refractivity contribution in [1.29, 1.82) is 0 Å². The van der Waals surface area contributed by atoms with E-state index in [4.69, 9.17) is 9.47 Å². The van der Waals surface area contributed by atoms with Crippen LogP contribution in [0.3, 0.4) is 0 Å². The van der Waals surface area contributed by atoms with Crippen molar-refractivity contribution >= 4 is 29.3 Å². The van der Waals surface area contributed by atoms with Crippen LogP contribution >= 0.6 is 0 Å². The van der Waals surface area contributed by atoms with Crippen LogP contribution in [0.25, 0.3) is 0 Å². The molecule has 6 atom stereocenters. The monoisotopic (exact) mass is 543 g/mol. The number of amides is 3. The first-order valence-corrected chi connectivity index (χ1v) is 12.5. The molecule has 0 radical (unpaired) electrons. The normalized spacial score (nSPS) is 29.2. The Morgan fingerprint density at radius 3 is 2.49 bits per heavy atom. The number of fused-ring (bicyclic) bond motifs is 3. The third kappa shape index (κ3) is 4.97. The molecule has 2 aliphatic carbocycles. The van der Waals surface area contributed by atoms with Gasteiger partial charge in [0.1, 0.15) is 24.0 Å². The van der Waals surface area contributed by atoms with Crippen molar-refractivity contribution in [3.05, 3.63) is 59.7 Å². The topological polar surface area (TPSA) is 138 Å². The Morgan fingerprint density at radius 1 is 1.08 bits per heavy atom. The first-order chi connectivity index (χ1) is 18.7. The van der Waals surface area contributed by atoms with E-state index in [0.717, 1.165) is 17.7 Å². The number of hydrogen-bond acceptors (Lipinski definition) is 8. The summed E-state index contributed by atoms with van der Waals surface area (Å²) in [6, 6.07) is 9.49. The molecule has 0 unspecified atom stereocenters. The zero-order valence-corrected chi connectivity index (χ0v) is 20.9. The summed E-state index contributed by atoms with van der Waals surface area (Å²) in [5.41, 5.74) is 3.01. The van der Waals surface area contributed by atoms with Gasteiger partial charge in [0.05, 0.1) is 36.8 Å². The zero-order chi connectivity index (χ0) is 27.8. The van der Waals surface area contributed by atoms with Crippen LogP contribution in [0.4, 0.5) is 19.3 Å². The maximum absolute atomic E-state index is 14.5. The molecule has 2 aromatic rings. The number of aliphatic hydroxyl groups excluding tert-OH is 2. The first kappa shape index (κ1) is 26.7. The number of aliphatic hydroxyl groups is 2. The van der Waals surface area contributed by atoms with E-state index in [9.17, 15) is 33.4 Å². The van der Waals surface area contributed by atoms with Gasteiger partial charge in [-0.2, -0.15) is 5.10 Å². The fourth-order valence-electron chi connectivity index (χ4n) is 5.92. The van der Waals surface area contributed by atoms with Gasteiger partial charge in [-0.1, -0.05) is 12.1 Å². The van der Waals surface area contributed by atoms with E-state index in [1.165, 1.54) is 7.11 Å². The Hall–Kier alpha value is -3.90. The molecule has 3 aliphatic rings. The van der Waals surface area contributed by atoms with Crippen molar-refractivity contribution in [2.24, 2.45) is 28.8 Å². The van der Waals surface area contributed by atoms with E-state index in [1.54, 1.807) is 24.3 Å². The molecule has 1 saturated heterocycles. The molecular weight excluding hydrogens is 516 g/mol. The average molecular weight is 544 g/mol. The Kier molecular flexibility index (Phi) is 7.32. The minimum atomic E-state index is -1.35. The number of halogens is 2. The number of imide groups is 1. The molecule has 0 aromatic heterocycles. The van der Waals surface area contributed by atoms with Crippen LogP contribution in [0.1, 0.15) is 24.8 Å². The second-order valence-electron chi connectivity index (χ2n) is 9.90. The van der Waals surface area contributed by atoms with E-state index in [1.807, 2.05) is 0 Å². The highest BCUT2D eigenvalue weighted by molar-refractivity contribution is 6.22. The summed E-state index contributed by atoms with van der Waals surface area (Å²) in [6.45, 7) is -0.0236. The third-order valence-electron chi connectivity index (χ3n) is 7.75. The number of carbonyl (C=O) groups excluding carboxylic acids is 3. The summed E-state index contributed by atoms with van der Waals surface area (Å²) in [6.07, 6.45) is -2.96. The molecule has 3 N–H and O–H groups in total. The average Bonchev–Trinajstić information content (AvgIpc) is 3.18. The summed E-state index contributed by atoms with van der Waals surface area (Å²) >= 11 is 0. The van der Waals surface area contributed by atoms with Crippen LogP contribution in [-0.2, 0) is 20.9 Å². The predicted molar refractivity (Wildman–Crippen MR) is 132 cm³/mol. The number of benzene rings is 2. The summed E-state index contributed by atoms with van der Waals surface area (Å²) < 4.78 is 38.2. The number of hydrazone groups is 1. The highest BCUT2D eigenvalue weighted by Crippen LogP contribution is 2.50. The molecule has 3 fully saturated rings. The zero-order valence-electron chi connectivity index (χ0n) is 20.9. The van der Waals surface area contributed by atoms with Crippen LogP contribution in [-0.4, -0.2) is 53.2 Å². The number of hydrogen-bond donors (Lipinski definition) is 3. The molecule has 5 rings (SSSR count). The Morgan fingerprint density at radius 2 is 1.79 bits per heavy atom. The van der Waals surface area contributed by atoms with Crippen LogP contribution < -0.4 is 15.1 Å². The number of rotatable bonds is 5. The van der Waals surface area contributed by atoms with Gasteiger partial charge in [0.2, 0.25) is 11.8 Å². The van der Waals surface area contributed by atoms with Gasteiger partial charge in [-0.15, -0.1) is 0 Å². The second kappa shape index (κ2) is 10.7. The molecule has 0 bridgehead atoms. The number of carbonyl (C=O) groups is 3. The van der Waals surface area contributed by atoms with Crippen molar-refractivity contribution in [2.45, 2.75) is 38.1 Å². The maximum Gasteiger partial charge on any atom is 0.428 e. The Balaban J connectivity index is 1.32. The van der Waals surface area contributed by atoms with E-state index < -0.39 is 65.4 Å². The van der Waals surface area contributed by atoms with Crippen molar-refractivity contribution in [3.63, 3.8) is 0 Å². The van der Waals surface area contributed by atoms with Gasteiger partial charge in [0.15, 0.2) is 0 Å². The van der Waals surface area contributed by atoms with Gasteiger partial charge in [0, 0.05) is 30.0 Å². The molecule has 2 aromatic carbocycles. The van der Waals surface area contributed by atoms with Gasteiger partial charge < -0.3 is 19.7 Å². The summed E-state index contributed by atoms with van der Waals surface area (Å²) in [5, 5.41) is 25.6. The lowest BCUT2D eigenvalue weighted by Gasteiger charge is -2.45. The lowest BCUT2D eigenvalue weighted by Crippen LogP contribution is -2.55. The smallest absolute Gasteiger partial charge is 0.428 e. The van der Waals surface area contributed by atoms with Crippen molar-refractivity contribution in [1.82, 2.24) is 5.43 Å². The lowest BCUT2D eigenvalue weighted by molar-refractivity contribution is -0.132. The van der Waals surface area contributed by atoms with Gasteiger partial charge in [-0.05, 0) is 42.7 Å². The third-order valence-corrected chi connectivity index (χ3v) is 7.75. The van der Waals surface area contributed by atoms with Crippen LogP contribution in [0, 0.1) is 35.3 Å². The van der Waals surface area contributed by atoms with Gasteiger partial charge in [-0.25, -0.2) is 23.9 Å². The largest absolute Gasteiger partial charge is 0.497 e. The highest BCUT2D eigenvalue weighted by atomic mass is 19.1. The van der Waals surface area contributed by atoms with Crippen LogP contribution in [0.15, 0.2) is 47.6 Å². The molecule has 1 aliphatic heterocycles. The number of anilines is 1. The number of methoxy groups -OCH3 is 1. The number of ether oxygens (including phenoxy) is 2. The standard InChI is InChI=1S/C27H27F2N3O7/c1-38-15-5-2-13(3-6-15)12-39-27(37)31-30-19-11-21(33)24(34)22-16(19)7-8-17-23(22)26(36)32(25(17)35)20-9-4-14(28)10-18(20)29/h2-6,9-10,16-17,21-24,33-34H,7-8,11-12H2,1H3,(H,31,37)/b30-19+/t16-,17+,21+,22-,23+,24+/m0/s1. The Labute approximate surface area is 222 Å².